The molecule has 1 aromatic heterocycles. The quantitative estimate of drug-likeness (QED) is 0.492. The summed E-state index contributed by atoms with van der Waals surface area (Å²) in [5.41, 5.74) is 1.14. The van der Waals surface area contributed by atoms with Gasteiger partial charge in [0, 0.05) is 37.8 Å². The van der Waals surface area contributed by atoms with Gasteiger partial charge in [0.05, 0.1) is 17.4 Å². The summed E-state index contributed by atoms with van der Waals surface area (Å²) < 4.78 is 13.0. The standard InChI is InChI=1S/C22H34N4O4SSi/c1-22(2,3)30-21(28)24-16-13-31-19-11-17-15(10-18(19)25(4)20(16)27)12-23-26(17)14-29-8-9-32(5,6)7/h10-12,16H,8-9,13-14H2,1-7H3,(H,24,28)/t16-/m0/s1. The summed E-state index contributed by atoms with van der Waals surface area (Å²) in [5.74, 6) is 0.241. The number of alkyl carbamates (subject to hydrolysis) is 1. The Morgan fingerprint density at radius 1 is 1.31 bits per heavy atom. The van der Waals surface area contributed by atoms with Gasteiger partial charge in [0.1, 0.15) is 18.4 Å². The van der Waals surface area contributed by atoms with E-state index in [9.17, 15) is 9.59 Å². The second kappa shape index (κ2) is 9.44. The molecule has 0 radical (unpaired) electrons. The molecule has 1 aromatic carbocycles. The number of thioether (sulfide) groups is 1. The number of aromatic nitrogens is 2. The molecule has 1 N–H and O–H groups in total. The van der Waals surface area contributed by atoms with Gasteiger partial charge in [-0.3, -0.25) is 4.79 Å². The SMILES string of the molecule is CN1C(=O)[C@@H](NC(=O)OC(C)(C)C)CSc2cc3c(cnn3COCC[Si](C)(C)C)cc21. The molecule has 2 amide bonds. The first-order valence-corrected chi connectivity index (χ1v) is 15.5. The maximum Gasteiger partial charge on any atom is 0.408 e. The number of ether oxygens (including phenoxy) is 2. The molecule has 32 heavy (non-hydrogen) atoms. The zero-order valence-corrected chi connectivity index (χ0v) is 21.8. The van der Waals surface area contributed by atoms with Gasteiger partial charge in [-0.1, -0.05) is 19.6 Å². The fourth-order valence-corrected chi connectivity index (χ4v) is 5.12. The maximum atomic E-state index is 13.0. The molecule has 0 spiro atoms. The molecule has 0 saturated heterocycles. The lowest BCUT2D eigenvalue weighted by Crippen LogP contribution is -2.49. The van der Waals surface area contributed by atoms with Crippen molar-refractivity contribution >= 4 is 48.4 Å². The van der Waals surface area contributed by atoms with Crippen molar-refractivity contribution in [3.8, 4) is 0 Å². The van der Waals surface area contributed by atoms with E-state index in [1.165, 1.54) is 11.8 Å². The van der Waals surface area contributed by atoms with E-state index in [0.29, 0.717) is 12.5 Å². The topological polar surface area (TPSA) is 85.7 Å². The Morgan fingerprint density at radius 3 is 2.69 bits per heavy atom. The van der Waals surface area contributed by atoms with Crippen molar-refractivity contribution in [2.24, 2.45) is 0 Å². The minimum atomic E-state index is -1.14. The highest BCUT2D eigenvalue weighted by atomic mass is 32.2. The van der Waals surface area contributed by atoms with Crippen LogP contribution in [0.5, 0.6) is 0 Å². The normalized spacial score (nSPS) is 17.3. The van der Waals surface area contributed by atoms with Crippen LogP contribution >= 0.6 is 11.8 Å². The van der Waals surface area contributed by atoms with Crippen LogP contribution in [0, 0.1) is 0 Å². The highest BCUT2D eigenvalue weighted by Gasteiger charge is 2.31. The maximum absolute atomic E-state index is 13.0. The average Bonchev–Trinajstić information content (AvgIpc) is 3.01. The third-order valence-electron chi connectivity index (χ3n) is 5.02. The summed E-state index contributed by atoms with van der Waals surface area (Å²) in [7, 11) is 0.590. The molecule has 0 aliphatic carbocycles. The van der Waals surface area contributed by atoms with E-state index in [-0.39, 0.29) is 5.91 Å². The monoisotopic (exact) mass is 478 g/mol. The Kier molecular flexibility index (Phi) is 7.26. The first kappa shape index (κ1) is 24.6. The lowest BCUT2D eigenvalue weighted by molar-refractivity contribution is -0.119. The Bertz CT molecular complexity index is 996. The summed E-state index contributed by atoms with van der Waals surface area (Å²) in [5, 5.41) is 8.13. The molecule has 0 fully saturated rings. The van der Waals surface area contributed by atoms with Crippen LogP contribution < -0.4 is 10.2 Å². The number of likely N-dealkylation sites (N-methyl/N-ethyl adjacent to an activating group) is 1. The summed E-state index contributed by atoms with van der Waals surface area (Å²) in [6.45, 7) is 13.5. The minimum Gasteiger partial charge on any atom is -0.444 e. The molecule has 8 nitrogen and oxygen atoms in total. The third kappa shape index (κ3) is 6.26. The zero-order chi connectivity index (χ0) is 23.7. The number of carbonyl (C=O) groups excluding carboxylic acids is 2. The molecule has 0 bridgehead atoms. The second-order valence-electron chi connectivity index (χ2n) is 10.3. The van der Waals surface area contributed by atoms with Crippen LogP contribution in [-0.4, -0.2) is 60.9 Å². The first-order chi connectivity index (χ1) is 14.8. The summed E-state index contributed by atoms with van der Waals surface area (Å²) in [4.78, 5) is 27.8. The zero-order valence-electron chi connectivity index (χ0n) is 20.0. The number of anilines is 1. The van der Waals surface area contributed by atoms with E-state index in [1.54, 1.807) is 38.9 Å². The van der Waals surface area contributed by atoms with Crippen molar-refractivity contribution in [2.45, 2.75) is 69.7 Å². The summed E-state index contributed by atoms with van der Waals surface area (Å²) >= 11 is 1.53. The Morgan fingerprint density at radius 2 is 2.03 bits per heavy atom. The van der Waals surface area contributed by atoms with Crippen LogP contribution in [0.25, 0.3) is 10.9 Å². The number of nitrogens with zero attached hydrogens (tertiary/aromatic N) is 3. The highest BCUT2D eigenvalue weighted by molar-refractivity contribution is 7.99. The van der Waals surface area contributed by atoms with E-state index < -0.39 is 25.8 Å². The number of benzene rings is 1. The molecule has 0 unspecified atom stereocenters. The van der Waals surface area contributed by atoms with Gasteiger partial charge in [-0.15, -0.1) is 11.8 Å². The molecule has 176 valence electrons. The van der Waals surface area contributed by atoms with Gasteiger partial charge < -0.3 is 19.7 Å². The molecule has 1 atom stereocenters. The predicted octanol–water partition coefficient (Wildman–Crippen LogP) is 4.31. The van der Waals surface area contributed by atoms with Gasteiger partial charge in [0.2, 0.25) is 5.91 Å². The number of fused-ring (bicyclic) bond motifs is 2. The fourth-order valence-electron chi connectivity index (χ4n) is 3.25. The van der Waals surface area contributed by atoms with E-state index >= 15 is 0 Å². The fraction of sp³-hybridized carbons (Fsp3) is 0.591. The minimum absolute atomic E-state index is 0.177. The average molecular weight is 479 g/mol. The van der Waals surface area contributed by atoms with Crippen LogP contribution in [0.3, 0.4) is 0 Å². The van der Waals surface area contributed by atoms with E-state index in [1.807, 2.05) is 16.8 Å². The van der Waals surface area contributed by atoms with Gasteiger partial charge >= 0.3 is 6.09 Å². The number of carbonyl (C=O) groups is 2. The van der Waals surface area contributed by atoms with Crippen molar-refractivity contribution in [2.75, 3.05) is 24.3 Å². The van der Waals surface area contributed by atoms with Crippen LogP contribution in [0.15, 0.2) is 23.2 Å². The van der Waals surface area contributed by atoms with Gasteiger partial charge in [-0.25, -0.2) is 9.48 Å². The lowest BCUT2D eigenvalue weighted by Gasteiger charge is -2.24. The number of hydrogen-bond donors (Lipinski definition) is 1. The molecule has 3 rings (SSSR count). The Hall–Kier alpha value is -2.04. The molecular weight excluding hydrogens is 444 g/mol. The third-order valence-corrected chi connectivity index (χ3v) is 7.86. The molecule has 10 heteroatoms. The summed E-state index contributed by atoms with van der Waals surface area (Å²) in [6.07, 6.45) is 1.20. The van der Waals surface area contributed by atoms with Crippen LogP contribution in [0.4, 0.5) is 10.5 Å². The van der Waals surface area contributed by atoms with Gasteiger partial charge in [-0.05, 0) is 38.9 Å². The van der Waals surface area contributed by atoms with Crippen molar-refractivity contribution < 1.29 is 19.1 Å². The smallest absolute Gasteiger partial charge is 0.408 e. The van der Waals surface area contributed by atoms with Gasteiger partial charge in [0.15, 0.2) is 0 Å². The van der Waals surface area contributed by atoms with E-state index in [0.717, 1.165) is 34.1 Å². The molecule has 2 heterocycles. The van der Waals surface area contributed by atoms with Crippen LogP contribution in [0.1, 0.15) is 20.8 Å². The van der Waals surface area contributed by atoms with E-state index in [2.05, 4.69) is 30.1 Å². The second-order valence-corrected chi connectivity index (χ2v) is 17.0. The molecular formula is C22H34N4O4SSi. The molecule has 1 aliphatic heterocycles. The predicted molar refractivity (Wildman–Crippen MR) is 131 cm³/mol. The molecule has 1 aliphatic rings. The van der Waals surface area contributed by atoms with E-state index in [4.69, 9.17) is 9.47 Å². The number of nitrogens with one attached hydrogen (secondary N) is 1. The van der Waals surface area contributed by atoms with Crippen molar-refractivity contribution in [3.05, 3.63) is 18.3 Å². The molecule has 0 saturated carbocycles. The van der Waals surface area contributed by atoms with Crippen molar-refractivity contribution in [1.29, 1.82) is 0 Å². The first-order valence-electron chi connectivity index (χ1n) is 10.8. The Balaban J connectivity index is 1.75. The van der Waals surface area contributed by atoms with Gasteiger partial charge in [-0.2, -0.15) is 5.10 Å². The molecule has 2 aromatic rings. The number of rotatable bonds is 6. The Labute approximate surface area is 195 Å². The largest absolute Gasteiger partial charge is 0.444 e. The van der Waals surface area contributed by atoms with Crippen LogP contribution in [0.2, 0.25) is 25.7 Å². The number of hydrogen-bond acceptors (Lipinski definition) is 6. The van der Waals surface area contributed by atoms with Crippen LogP contribution in [-0.2, 0) is 21.0 Å². The lowest BCUT2D eigenvalue weighted by atomic mass is 10.2. The van der Waals surface area contributed by atoms with Gasteiger partial charge in [0.25, 0.3) is 0 Å². The summed E-state index contributed by atoms with van der Waals surface area (Å²) in [6, 6.07) is 4.45. The van der Waals surface area contributed by atoms with Crippen molar-refractivity contribution in [1.82, 2.24) is 15.1 Å². The number of amides is 2. The highest BCUT2D eigenvalue weighted by Crippen LogP contribution is 2.37. The van der Waals surface area contributed by atoms with Crippen molar-refractivity contribution in [3.63, 3.8) is 0 Å².